The van der Waals surface area contributed by atoms with E-state index in [1.165, 1.54) is 0 Å². The number of urea groups is 1. The number of nitrogens with one attached hydrogen (secondary N) is 1. The maximum Gasteiger partial charge on any atom is 0.317 e. The SMILES string of the molecule is CSCCC(C)NC(=O)N1CCN(CCC(=O)O)CC1. The average molecular weight is 303 g/mol. The summed E-state index contributed by atoms with van der Waals surface area (Å²) < 4.78 is 0. The molecule has 0 bridgehead atoms. The number of carbonyl (C=O) groups is 2. The number of carboxylic acids is 1. The van der Waals surface area contributed by atoms with Gasteiger partial charge in [-0.2, -0.15) is 11.8 Å². The highest BCUT2D eigenvalue weighted by Crippen LogP contribution is 2.05. The molecule has 1 atom stereocenters. The van der Waals surface area contributed by atoms with Crippen molar-refractivity contribution in [3.8, 4) is 0 Å². The Morgan fingerprint density at radius 2 is 1.95 bits per heavy atom. The van der Waals surface area contributed by atoms with Gasteiger partial charge >= 0.3 is 12.0 Å². The molecule has 0 aromatic rings. The highest BCUT2D eigenvalue weighted by atomic mass is 32.2. The second kappa shape index (κ2) is 9.07. The second-order valence-corrected chi connectivity index (χ2v) is 6.09. The van der Waals surface area contributed by atoms with Gasteiger partial charge in [0.2, 0.25) is 0 Å². The van der Waals surface area contributed by atoms with E-state index in [9.17, 15) is 9.59 Å². The summed E-state index contributed by atoms with van der Waals surface area (Å²) in [5.41, 5.74) is 0. The van der Waals surface area contributed by atoms with Crippen LogP contribution in [0.25, 0.3) is 0 Å². The predicted octanol–water partition coefficient (Wildman–Crippen LogP) is 0.930. The lowest BCUT2D eigenvalue weighted by Gasteiger charge is -2.35. The maximum atomic E-state index is 12.0. The Labute approximate surface area is 124 Å². The lowest BCUT2D eigenvalue weighted by Crippen LogP contribution is -2.53. The van der Waals surface area contributed by atoms with Crippen LogP contribution in [0.15, 0.2) is 0 Å². The van der Waals surface area contributed by atoms with Crippen molar-refractivity contribution in [3.63, 3.8) is 0 Å². The molecule has 1 unspecified atom stereocenters. The van der Waals surface area contributed by atoms with Crippen LogP contribution in [-0.4, -0.2) is 77.7 Å². The van der Waals surface area contributed by atoms with Crippen molar-refractivity contribution in [2.75, 3.05) is 44.7 Å². The first-order valence-electron chi connectivity index (χ1n) is 7.01. The van der Waals surface area contributed by atoms with Crippen LogP contribution in [0.4, 0.5) is 4.79 Å². The number of carboxylic acid groups (broad SMARTS) is 1. The van der Waals surface area contributed by atoms with Crippen LogP contribution in [0, 0.1) is 0 Å². The molecule has 1 aliphatic rings. The molecule has 0 aliphatic carbocycles. The fourth-order valence-corrected chi connectivity index (χ4v) is 2.69. The van der Waals surface area contributed by atoms with Crippen molar-refractivity contribution >= 4 is 23.8 Å². The molecule has 1 saturated heterocycles. The second-order valence-electron chi connectivity index (χ2n) is 5.10. The lowest BCUT2D eigenvalue weighted by molar-refractivity contribution is -0.137. The van der Waals surface area contributed by atoms with Gasteiger partial charge in [0.05, 0.1) is 6.42 Å². The van der Waals surface area contributed by atoms with Gasteiger partial charge in [-0.25, -0.2) is 4.79 Å². The first kappa shape index (κ1) is 17.1. The Hall–Kier alpha value is -0.950. The molecule has 7 heteroatoms. The summed E-state index contributed by atoms with van der Waals surface area (Å²) in [5, 5.41) is 11.7. The van der Waals surface area contributed by atoms with Crippen LogP contribution >= 0.6 is 11.8 Å². The van der Waals surface area contributed by atoms with E-state index in [0.717, 1.165) is 25.3 Å². The topological polar surface area (TPSA) is 72.9 Å². The summed E-state index contributed by atoms with van der Waals surface area (Å²) in [6.45, 7) is 5.42. The summed E-state index contributed by atoms with van der Waals surface area (Å²) >= 11 is 1.78. The summed E-state index contributed by atoms with van der Waals surface area (Å²) in [5.74, 6) is 0.275. The summed E-state index contributed by atoms with van der Waals surface area (Å²) in [4.78, 5) is 26.5. The molecule has 1 fully saturated rings. The molecular formula is C13H25N3O3S. The van der Waals surface area contributed by atoms with Gasteiger partial charge in [0.25, 0.3) is 0 Å². The van der Waals surface area contributed by atoms with Gasteiger partial charge in [-0.1, -0.05) is 0 Å². The molecule has 6 nitrogen and oxygen atoms in total. The zero-order chi connectivity index (χ0) is 15.0. The summed E-state index contributed by atoms with van der Waals surface area (Å²) in [6, 6.07) is 0.191. The third-order valence-electron chi connectivity index (χ3n) is 3.43. The van der Waals surface area contributed by atoms with E-state index in [1.807, 2.05) is 11.8 Å². The summed E-state index contributed by atoms with van der Waals surface area (Å²) in [6.07, 6.45) is 3.20. The molecule has 1 heterocycles. The van der Waals surface area contributed by atoms with Crippen LogP contribution in [0.2, 0.25) is 0 Å². The largest absolute Gasteiger partial charge is 0.481 e. The van der Waals surface area contributed by atoms with Crippen LogP contribution in [0.5, 0.6) is 0 Å². The smallest absolute Gasteiger partial charge is 0.317 e. The average Bonchev–Trinajstić information content (AvgIpc) is 2.43. The molecule has 0 aromatic heterocycles. The predicted molar refractivity (Wildman–Crippen MR) is 81.3 cm³/mol. The van der Waals surface area contributed by atoms with E-state index in [-0.39, 0.29) is 18.5 Å². The standard InChI is InChI=1S/C13H25N3O3S/c1-11(4-10-20-2)14-13(19)16-8-6-15(7-9-16)5-3-12(17)18/h11H,3-10H2,1-2H3,(H,14,19)(H,17,18). The van der Waals surface area contributed by atoms with Crippen LogP contribution in [-0.2, 0) is 4.79 Å². The first-order chi connectivity index (χ1) is 9.52. The number of aliphatic carboxylic acids is 1. The van der Waals surface area contributed by atoms with Gasteiger partial charge in [0.15, 0.2) is 0 Å². The van der Waals surface area contributed by atoms with Crippen molar-refractivity contribution in [2.24, 2.45) is 0 Å². The Balaban J connectivity index is 2.23. The van der Waals surface area contributed by atoms with Gasteiger partial charge in [0, 0.05) is 38.8 Å². The highest BCUT2D eigenvalue weighted by molar-refractivity contribution is 7.98. The van der Waals surface area contributed by atoms with Crippen LogP contribution in [0.1, 0.15) is 19.8 Å². The molecule has 20 heavy (non-hydrogen) atoms. The van der Waals surface area contributed by atoms with Gasteiger partial charge in [-0.15, -0.1) is 0 Å². The summed E-state index contributed by atoms with van der Waals surface area (Å²) in [7, 11) is 0. The lowest BCUT2D eigenvalue weighted by atomic mass is 10.2. The number of carbonyl (C=O) groups excluding carboxylic acids is 1. The van der Waals surface area contributed by atoms with E-state index >= 15 is 0 Å². The van der Waals surface area contributed by atoms with Crippen molar-refractivity contribution in [1.29, 1.82) is 0 Å². The van der Waals surface area contributed by atoms with E-state index in [1.54, 1.807) is 11.8 Å². The van der Waals surface area contributed by atoms with E-state index in [4.69, 9.17) is 5.11 Å². The van der Waals surface area contributed by atoms with Gasteiger partial charge in [-0.05, 0) is 25.4 Å². The molecule has 116 valence electrons. The Morgan fingerprint density at radius 3 is 2.50 bits per heavy atom. The molecule has 2 amide bonds. The minimum Gasteiger partial charge on any atom is -0.481 e. The Bertz CT molecular complexity index is 320. The molecule has 0 spiro atoms. The number of piperazine rings is 1. The van der Waals surface area contributed by atoms with Gasteiger partial charge in [-0.3, -0.25) is 9.69 Å². The minimum atomic E-state index is -0.771. The molecular weight excluding hydrogens is 278 g/mol. The molecule has 2 N–H and O–H groups in total. The van der Waals surface area contributed by atoms with Crippen molar-refractivity contribution in [2.45, 2.75) is 25.8 Å². The van der Waals surface area contributed by atoms with E-state index < -0.39 is 5.97 Å². The van der Waals surface area contributed by atoms with Crippen molar-refractivity contribution in [1.82, 2.24) is 15.1 Å². The zero-order valence-electron chi connectivity index (χ0n) is 12.3. The fraction of sp³-hybridized carbons (Fsp3) is 0.846. The third kappa shape index (κ3) is 6.47. The maximum absolute atomic E-state index is 12.0. The third-order valence-corrected chi connectivity index (χ3v) is 4.07. The number of nitrogens with zero attached hydrogens (tertiary/aromatic N) is 2. The van der Waals surface area contributed by atoms with E-state index in [2.05, 4.69) is 16.5 Å². The highest BCUT2D eigenvalue weighted by Gasteiger charge is 2.21. The Kier molecular flexibility index (Phi) is 7.76. The zero-order valence-corrected chi connectivity index (χ0v) is 13.1. The van der Waals surface area contributed by atoms with E-state index in [0.29, 0.717) is 19.6 Å². The molecule has 0 aromatic carbocycles. The van der Waals surface area contributed by atoms with Crippen molar-refractivity contribution < 1.29 is 14.7 Å². The number of hydrogen-bond acceptors (Lipinski definition) is 4. The van der Waals surface area contributed by atoms with Gasteiger partial charge < -0.3 is 15.3 Å². The number of rotatable bonds is 7. The quantitative estimate of drug-likeness (QED) is 0.732. The molecule has 0 saturated carbocycles. The first-order valence-corrected chi connectivity index (χ1v) is 8.41. The normalized spacial score (nSPS) is 17.8. The molecule has 0 radical (unpaired) electrons. The monoisotopic (exact) mass is 303 g/mol. The molecule has 1 rings (SSSR count). The van der Waals surface area contributed by atoms with Crippen LogP contribution < -0.4 is 5.32 Å². The minimum absolute atomic E-state index is 0.00325. The number of thioether (sulfide) groups is 1. The Morgan fingerprint density at radius 1 is 1.30 bits per heavy atom. The fourth-order valence-electron chi connectivity index (χ4n) is 2.10. The van der Waals surface area contributed by atoms with Crippen molar-refractivity contribution in [3.05, 3.63) is 0 Å². The number of amides is 2. The van der Waals surface area contributed by atoms with Gasteiger partial charge in [0.1, 0.15) is 0 Å². The number of hydrogen-bond donors (Lipinski definition) is 2. The molecule has 1 aliphatic heterocycles. The van der Waals surface area contributed by atoms with Crippen LogP contribution in [0.3, 0.4) is 0 Å².